The predicted octanol–water partition coefficient (Wildman–Crippen LogP) is 3.77. The minimum atomic E-state index is 0.907. The van der Waals surface area contributed by atoms with Crippen molar-refractivity contribution >= 4 is 11.8 Å². The Morgan fingerprint density at radius 1 is 1.10 bits per heavy atom. The van der Waals surface area contributed by atoms with Crippen molar-refractivity contribution in [1.29, 1.82) is 0 Å². The molecule has 1 aliphatic rings. The standard InChI is InChI=1S/C16H28N4/c1-3-4-7-10-17-15-13-14(2)18-16(19-15)20-11-8-5-6-9-12-20/h13H,3-12H2,1-2H3,(H,17,18,19). The molecule has 1 N–H and O–H groups in total. The summed E-state index contributed by atoms with van der Waals surface area (Å²) in [5.41, 5.74) is 1.05. The number of nitrogens with zero attached hydrogens (tertiary/aromatic N) is 3. The fourth-order valence-electron chi connectivity index (χ4n) is 2.65. The van der Waals surface area contributed by atoms with Crippen LogP contribution in [0.25, 0.3) is 0 Å². The van der Waals surface area contributed by atoms with Crippen LogP contribution in [0, 0.1) is 6.92 Å². The molecule has 0 atom stereocenters. The average molecular weight is 276 g/mol. The van der Waals surface area contributed by atoms with E-state index in [4.69, 9.17) is 4.98 Å². The van der Waals surface area contributed by atoms with E-state index in [1.54, 1.807) is 0 Å². The van der Waals surface area contributed by atoms with Gasteiger partial charge in [-0.15, -0.1) is 0 Å². The molecule has 0 aromatic carbocycles. The number of hydrogen-bond acceptors (Lipinski definition) is 4. The number of anilines is 2. The van der Waals surface area contributed by atoms with Crippen LogP contribution < -0.4 is 10.2 Å². The second kappa shape index (κ2) is 8.08. The quantitative estimate of drug-likeness (QED) is 0.803. The van der Waals surface area contributed by atoms with E-state index in [0.29, 0.717) is 0 Å². The molecule has 0 spiro atoms. The van der Waals surface area contributed by atoms with Crippen molar-refractivity contribution in [2.24, 2.45) is 0 Å². The summed E-state index contributed by atoms with van der Waals surface area (Å²) in [5, 5.41) is 3.44. The lowest BCUT2D eigenvalue weighted by Gasteiger charge is -2.21. The van der Waals surface area contributed by atoms with Gasteiger partial charge in [-0.25, -0.2) is 4.98 Å². The van der Waals surface area contributed by atoms with Gasteiger partial charge in [0, 0.05) is 31.4 Å². The number of rotatable bonds is 6. The summed E-state index contributed by atoms with van der Waals surface area (Å²) in [6.45, 7) is 7.48. The highest BCUT2D eigenvalue weighted by Gasteiger charge is 2.13. The van der Waals surface area contributed by atoms with E-state index in [-0.39, 0.29) is 0 Å². The summed E-state index contributed by atoms with van der Waals surface area (Å²) in [6, 6.07) is 2.05. The van der Waals surface area contributed by atoms with Crippen LogP contribution in [0.2, 0.25) is 0 Å². The monoisotopic (exact) mass is 276 g/mol. The summed E-state index contributed by atoms with van der Waals surface area (Å²) >= 11 is 0. The number of nitrogens with one attached hydrogen (secondary N) is 1. The molecule has 1 saturated heterocycles. The molecule has 0 aliphatic carbocycles. The molecule has 20 heavy (non-hydrogen) atoms. The summed E-state index contributed by atoms with van der Waals surface area (Å²) in [7, 11) is 0. The Labute approximate surface area is 123 Å². The summed E-state index contributed by atoms with van der Waals surface area (Å²) in [4.78, 5) is 11.7. The van der Waals surface area contributed by atoms with Gasteiger partial charge in [-0.05, 0) is 26.2 Å². The molecule has 0 bridgehead atoms. The van der Waals surface area contributed by atoms with Crippen LogP contribution in [0.4, 0.5) is 11.8 Å². The second-order valence-corrected chi connectivity index (χ2v) is 5.73. The fourth-order valence-corrected chi connectivity index (χ4v) is 2.65. The van der Waals surface area contributed by atoms with Crippen molar-refractivity contribution in [3.05, 3.63) is 11.8 Å². The zero-order valence-corrected chi connectivity index (χ0v) is 13.0. The number of hydrogen-bond donors (Lipinski definition) is 1. The van der Waals surface area contributed by atoms with E-state index in [0.717, 1.165) is 37.1 Å². The van der Waals surface area contributed by atoms with Crippen molar-refractivity contribution in [3.8, 4) is 0 Å². The smallest absolute Gasteiger partial charge is 0.227 e. The maximum atomic E-state index is 4.70. The first-order chi connectivity index (χ1) is 9.79. The van der Waals surface area contributed by atoms with E-state index < -0.39 is 0 Å². The first-order valence-corrected chi connectivity index (χ1v) is 8.14. The minimum Gasteiger partial charge on any atom is -0.370 e. The molecule has 112 valence electrons. The molecule has 0 saturated carbocycles. The molecule has 1 aromatic rings. The molecule has 2 rings (SSSR count). The van der Waals surface area contributed by atoms with E-state index in [2.05, 4.69) is 29.0 Å². The highest BCUT2D eigenvalue weighted by atomic mass is 15.3. The second-order valence-electron chi connectivity index (χ2n) is 5.73. The largest absolute Gasteiger partial charge is 0.370 e. The van der Waals surface area contributed by atoms with Gasteiger partial charge in [0.05, 0.1) is 0 Å². The van der Waals surface area contributed by atoms with Gasteiger partial charge < -0.3 is 10.2 Å². The summed E-state index contributed by atoms with van der Waals surface area (Å²) < 4.78 is 0. The van der Waals surface area contributed by atoms with E-state index in [9.17, 15) is 0 Å². The summed E-state index contributed by atoms with van der Waals surface area (Å²) in [5.74, 6) is 1.89. The lowest BCUT2D eigenvalue weighted by Crippen LogP contribution is -2.26. The molecule has 4 nitrogen and oxygen atoms in total. The van der Waals surface area contributed by atoms with Gasteiger partial charge in [0.2, 0.25) is 5.95 Å². The minimum absolute atomic E-state index is 0.907. The first kappa shape index (κ1) is 15.1. The number of aryl methyl sites for hydroxylation is 1. The van der Waals surface area contributed by atoms with Gasteiger partial charge in [0.1, 0.15) is 5.82 Å². The van der Waals surface area contributed by atoms with E-state index >= 15 is 0 Å². The molecule has 0 amide bonds. The Morgan fingerprint density at radius 2 is 1.85 bits per heavy atom. The lowest BCUT2D eigenvalue weighted by atomic mass is 10.2. The lowest BCUT2D eigenvalue weighted by molar-refractivity contribution is 0.726. The Morgan fingerprint density at radius 3 is 2.55 bits per heavy atom. The highest BCUT2D eigenvalue weighted by molar-refractivity contribution is 5.43. The van der Waals surface area contributed by atoms with Crippen LogP contribution in [0.3, 0.4) is 0 Å². The maximum absolute atomic E-state index is 4.70. The van der Waals surface area contributed by atoms with Crippen LogP contribution in [0.15, 0.2) is 6.07 Å². The number of unbranched alkanes of at least 4 members (excludes halogenated alkanes) is 2. The third-order valence-electron chi connectivity index (χ3n) is 3.82. The Kier molecular flexibility index (Phi) is 6.09. The molecule has 1 fully saturated rings. The highest BCUT2D eigenvalue weighted by Crippen LogP contribution is 2.18. The van der Waals surface area contributed by atoms with Crippen LogP contribution in [-0.2, 0) is 0 Å². The number of aromatic nitrogens is 2. The van der Waals surface area contributed by atoms with Crippen molar-refractivity contribution in [2.45, 2.75) is 58.8 Å². The molecular weight excluding hydrogens is 248 g/mol. The summed E-state index contributed by atoms with van der Waals surface area (Å²) in [6.07, 6.45) is 8.93. The van der Waals surface area contributed by atoms with E-state index in [1.165, 1.54) is 44.9 Å². The van der Waals surface area contributed by atoms with Crippen molar-refractivity contribution in [2.75, 3.05) is 29.9 Å². The SMILES string of the molecule is CCCCCNc1cc(C)nc(N2CCCCCC2)n1. The third-order valence-corrected chi connectivity index (χ3v) is 3.82. The van der Waals surface area contributed by atoms with Crippen LogP contribution in [0.1, 0.15) is 57.6 Å². The molecule has 1 aliphatic heterocycles. The van der Waals surface area contributed by atoms with Gasteiger partial charge in [0.25, 0.3) is 0 Å². The van der Waals surface area contributed by atoms with Gasteiger partial charge in [-0.1, -0.05) is 32.6 Å². The van der Waals surface area contributed by atoms with Crippen LogP contribution in [-0.4, -0.2) is 29.6 Å². The zero-order valence-electron chi connectivity index (χ0n) is 13.0. The Bertz CT molecular complexity index is 397. The Balaban J connectivity index is 1.99. The van der Waals surface area contributed by atoms with Gasteiger partial charge in [-0.3, -0.25) is 0 Å². The zero-order chi connectivity index (χ0) is 14.2. The van der Waals surface area contributed by atoms with Crippen LogP contribution in [0.5, 0.6) is 0 Å². The van der Waals surface area contributed by atoms with Crippen LogP contribution >= 0.6 is 0 Å². The Hall–Kier alpha value is -1.32. The molecule has 0 unspecified atom stereocenters. The maximum Gasteiger partial charge on any atom is 0.227 e. The molecule has 0 radical (unpaired) electrons. The van der Waals surface area contributed by atoms with Gasteiger partial charge in [0.15, 0.2) is 0 Å². The van der Waals surface area contributed by atoms with Gasteiger partial charge in [-0.2, -0.15) is 4.98 Å². The molecule has 4 heteroatoms. The first-order valence-electron chi connectivity index (χ1n) is 8.14. The average Bonchev–Trinajstić information content (AvgIpc) is 2.72. The topological polar surface area (TPSA) is 41.1 Å². The predicted molar refractivity (Wildman–Crippen MR) is 85.5 cm³/mol. The van der Waals surface area contributed by atoms with Crippen molar-refractivity contribution in [1.82, 2.24) is 9.97 Å². The fraction of sp³-hybridized carbons (Fsp3) is 0.750. The molecule has 2 heterocycles. The van der Waals surface area contributed by atoms with E-state index in [1.807, 2.05) is 6.07 Å². The molecule has 1 aromatic heterocycles. The van der Waals surface area contributed by atoms with Crippen molar-refractivity contribution < 1.29 is 0 Å². The molecular formula is C16H28N4. The third kappa shape index (κ3) is 4.66. The normalized spacial score (nSPS) is 16.0. The van der Waals surface area contributed by atoms with Gasteiger partial charge >= 0.3 is 0 Å². The van der Waals surface area contributed by atoms with Crippen molar-refractivity contribution in [3.63, 3.8) is 0 Å².